The van der Waals surface area contributed by atoms with Crippen molar-refractivity contribution in [1.29, 1.82) is 0 Å². The quantitative estimate of drug-likeness (QED) is 0.798. The molecule has 0 amide bonds. The Kier molecular flexibility index (Phi) is 3.53. The zero-order chi connectivity index (χ0) is 10.6. The van der Waals surface area contributed by atoms with Crippen molar-refractivity contribution in [3.8, 4) is 5.75 Å². The van der Waals surface area contributed by atoms with Gasteiger partial charge in [-0.05, 0) is 38.0 Å². The standard InChI is InChI=1S/C12H18O2/c1-4-12(3,13)10-7-6-8-11(9-10)14-5-2/h6-9,13H,4-5H2,1-3H3/t12-/m1/s1. The molecule has 0 spiro atoms. The lowest BCUT2D eigenvalue weighted by molar-refractivity contribution is 0.0528. The topological polar surface area (TPSA) is 29.5 Å². The van der Waals surface area contributed by atoms with Crippen molar-refractivity contribution in [2.24, 2.45) is 0 Å². The van der Waals surface area contributed by atoms with E-state index < -0.39 is 5.60 Å². The minimum absolute atomic E-state index is 0.651. The van der Waals surface area contributed by atoms with Crippen LogP contribution in [0.3, 0.4) is 0 Å². The van der Waals surface area contributed by atoms with Crippen molar-refractivity contribution in [3.63, 3.8) is 0 Å². The van der Waals surface area contributed by atoms with Gasteiger partial charge in [0.05, 0.1) is 12.2 Å². The van der Waals surface area contributed by atoms with Crippen molar-refractivity contribution < 1.29 is 9.84 Å². The highest BCUT2D eigenvalue weighted by Crippen LogP contribution is 2.26. The molecule has 14 heavy (non-hydrogen) atoms. The van der Waals surface area contributed by atoms with Gasteiger partial charge in [-0.3, -0.25) is 0 Å². The van der Waals surface area contributed by atoms with Gasteiger partial charge in [-0.15, -0.1) is 0 Å². The predicted octanol–water partition coefficient (Wildman–Crippen LogP) is 2.70. The summed E-state index contributed by atoms with van der Waals surface area (Å²) in [6.07, 6.45) is 0.697. The van der Waals surface area contributed by atoms with Crippen LogP contribution in [0, 0.1) is 0 Å². The largest absolute Gasteiger partial charge is 0.494 e. The van der Waals surface area contributed by atoms with Crippen molar-refractivity contribution in [2.75, 3.05) is 6.61 Å². The van der Waals surface area contributed by atoms with Gasteiger partial charge in [-0.25, -0.2) is 0 Å². The van der Waals surface area contributed by atoms with Crippen LogP contribution in [-0.4, -0.2) is 11.7 Å². The molecule has 2 nitrogen and oxygen atoms in total. The fraction of sp³-hybridized carbons (Fsp3) is 0.500. The van der Waals surface area contributed by atoms with E-state index in [4.69, 9.17) is 4.74 Å². The first-order valence-corrected chi connectivity index (χ1v) is 5.06. The third kappa shape index (κ3) is 2.48. The number of hydrogen-bond acceptors (Lipinski definition) is 2. The second kappa shape index (κ2) is 4.47. The van der Waals surface area contributed by atoms with Gasteiger partial charge in [0.15, 0.2) is 0 Å². The molecule has 0 saturated carbocycles. The summed E-state index contributed by atoms with van der Waals surface area (Å²) < 4.78 is 5.38. The van der Waals surface area contributed by atoms with Gasteiger partial charge >= 0.3 is 0 Å². The van der Waals surface area contributed by atoms with Gasteiger partial charge in [0.25, 0.3) is 0 Å². The van der Waals surface area contributed by atoms with E-state index in [1.165, 1.54) is 0 Å². The lowest BCUT2D eigenvalue weighted by atomic mass is 9.93. The summed E-state index contributed by atoms with van der Waals surface area (Å²) in [6, 6.07) is 7.63. The zero-order valence-corrected chi connectivity index (χ0v) is 9.08. The fourth-order valence-corrected chi connectivity index (χ4v) is 1.29. The molecule has 0 fully saturated rings. The molecule has 0 saturated heterocycles. The molecule has 0 aliphatic rings. The maximum absolute atomic E-state index is 10.0. The summed E-state index contributed by atoms with van der Waals surface area (Å²) in [5.74, 6) is 0.818. The molecular weight excluding hydrogens is 176 g/mol. The zero-order valence-electron chi connectivity index (χ0n) is 9.08. The molecule has 1 atom stereocenters. The highest BCUT2D eigenvalue weighted by Gasteiger charge is 2.20. The lowest BCUT2D eigenvalue weighted by Crippen LogP contribution is -2.19. The second-order valence-corrected chi connectivity index (χ2v) is 3.59. The van der Waals surface area contributed by atoms with Crippen LogP contribution in [0.1, 0.15) is 32.8 Å². The van der Waals surface area contributed by atoms with E-state index in [1.54, 1.807) is 0 Å². The average Bonchev–Trinajstić information content (AvgIpc) is 2.19. The van der Waals surface area contributed by atoms with Crippen molar-refractivity contribution >= 4 is 0 Å². The molecule has 0 heterocycles. The van der Waals surface area contributed by atoms with Gasteiger partial charge in [0, 0.05) is 0 Å². The Hall–Kier alpha value is -1.02. The second-order valence-electron chi connectivity index (χ2n) is 3.59. The molecule has 1 aromatic rings. The molecular formula is C12H18O2. The number of rotatable bonds is 4. The van der Waals surface area contributed by atoms with E-state index in [1.807, 2.05) is 45.0 Å². The van der Waals surface area contributed by atoms with Crippen LogP contribution in [0.4, 0.5) is 0 Å². The Morgan fingerprint density at radius 2 is 2.07 bits per heavy atom. The highest BCUT2D eigenvalue weighted by molar-refractivity contribution is 5.31. The molecule has 1 N–H and O–H groups in total. The van der Waals surface area contributed by atoms with Gasteiger partial charge in [0.1, 0.15) is 5.75 Å². The molecule has 78 valence electrons. The summed E-state index contributed by atoms with van der Waals surface area (Å²) in [5.41, 5.74) is 0.151. The first kappa shape index (κ1) is 11.1. The summed E-state index contributed by atoms with van der Waals surface area (Å²) in [6.45, 7) is 6.38. The van der Waals surface area contributed by atoms with Crippen LogP contribution in [0.15, 0.2) is 24.3 Å². The van der Waals surface area contributed by atoms with Crippen molar-refractivity contribution in [1.82, 2.24) is 0 Å². The lowest BCUT2D eigenvalue weighted by Gasteiger charge is -2.22. The first-order valence-electron chi connectivity index (χ1n) is 5.06. The summed E-state index contributed by atoms with van der Waals surface area (Å²) in [4.78, 5) is 0. The fourth-order valence-electron chi connectivity index (χ4n) is 1.29. The third-order valence-electron chi connectivity index (χ3n) is 2.46. The van der Waals surface area contributed by atoms with Crippen LogP contribution in [0.2, 0.25) is 0 Å². The third-order valence-corrected chi connectivity index (χ3v) is 2.46. The average molecular weight is 194 g/mol. The monoisotopic (exact) mass is 194 g/mol. The Morgan fingerprint density at radius 1 is 1.36 bits per heavy atom. The predicted molar refractivity (Wildman–Crippen MR) is 57.5 cm³/mol. The first-order chi connectivity index (χ1) is 6.60. The maximum atomic E-state index is 10.0. The Labute approximate surface area is 85.5 Å². The molecule has 0 aromatic heterocycles. The normalized spacial score (nSPS) is 14.9. The molecule has 1 rings (SSSR count). The van der Waals surface area contributed by atoms with E-state index in [0.717, 1.165) is 11.3 Å². The maximum Gasteiger partial charge on any atom is 0.119 e. The van der Waals surface area contributed by atoms with Crippen LogP contribution in [-0.2, 0) is 5.60 Å². The van der Waals surface area contributed by atoms with E-state index >= 15 is 0 Å². The molecule has 0 radical (unpaired) electrons. The van der Waals surface area contributed by atoms with E-state index in [-0.39, 0.29) is 0 Å². The Morgan fingerprint density at radius 3 is 2.64 bits per heavy atom. The van der Waals surface area contributed by atoms with Gasteiger partial charge in [-0.1, -0.05) is 19.1 Å². The molecule has 0 aliphatic carbocycles. The van der Waals surface area contributed by atoms with Crippen LogP contribution >= 0.6 is 0 Å². The van der Waals surface area contributed by atoms with Gasteiger partial charge < -0.3 is 9.84 Å². The van der Waals surface area contributed by atoms with Gasteiger partial charge in [0.2, 0.25) is 0 Å². The van der Waals surface area contributed by atoms with Crippen molar-refractivity contribution in [2.45, 2.75) is 32.8 Å². The number of hydrogen-bond donors (Lipinski definition) is 1. The van der Waals surface area contributed by atoms with Crippen LogP contribution in [0.25, 0.3) is 0 Å². The minimum Gasteiger partial charge on any atom is -0.494 e. The highest BCUT2D eigenvalue weighted by atomic mass is 16.5. The molecule has 0 aliphatic heterocycles. The van der Waals surface area contributed by atoms with E-state index in [2.05, 4.69) is 0 Å². The Bertz CT molecular complexity index is 292. The molecule has 0 bridgehead atoms. The SMILES string of the molecule is CCOc1cccc([C@](C)(O)CC)c1. The van der Waals surface area contributed by atoms with E-state index in [9.17, 15) is 5.11 Å². The van der Waals surface area contributed by atoms with E-state index in [0.29, 0.717) is 13.0 Å². The number of ether oxygens (including phenoxy) is 1. The number of aliphatic hydroxyl groups is 1. The molecule has 0 unspecified atom stereocenters. The van der Waals surface area contributed by atoms with Crippen LogP contribution in [0.5, 0.6) is 5.75 Å². The summed E-state index contributed by atoms with van der Waals surface area (Å²) in [5, 5.41) is 10.0. The Balaban J connectivity index is 2.93. The van der Waals surface area contributed by atoms with Crippen LogP contribution < -0.4 is 4.74 Å². The summed E-state index contributed by atoms with van der Waals surface area (Å²) in [7, 11) is 0. The minimum atomic E-state index is -0.757. The summed E-state index contributed by atoms with van der Waals surface area (Å²) >= 11 is 0. The van der Waals surface area contributed by atoms with Crippen molar-refractivity contribution in [3.05, 3.63) is 29.8 Å². The number of benzene rings is 1. The smallest absolute Gasteiger partial charge is 0.119 e. The molecule has 2 heteroatoms. The van der Waals surface area contributed by atoms with Gasteiger partial charge in [-0.2, -0.15) is 0 Å². The molecule has 1 aromatic carbocycles.